The number of allylic oxidation sites excluding steroid dienone is 1. The van der Waals surface area contributed by atoms with Gasteiger partial charge in [-0.25, -0.2) is 0 Å². The maximum absolute atomic E-state index is 2.75. The van der Waals surface area contributed by atoms with Crippen LogP contribution in [0.25, 0.3) is 6.08 Å². The zero-order valence-electron chi connectivity index (χ0n) is 14.6. The zero-order valence-corrected chi connectivity index (χ0v) is 15.6. The Balaban J connectivity index is 1.88. The van der Waals surface area contributed by atoms with Gasteiger partial charge in [0, 0.05) is 11.1 Å². The van der Waals surface area contributed by atoms with Gasteiger partial charge in [-0.15, -0.1) is 0 Å². The molecule has 0 bridgehead atoms. The Morgan fingerprint density at radius 1 is 1.27 bits per heavy atom. The van der Waals surface area contributed by atoms with Crippen molar-refractivity contribution in [3.8, 4) is 0 Å². The van der Waals surface area contributed by atoms with Crippen LogP contribution in [-0.4, -0.2) is 43.9 Å². The molecule has 118 valence electrons. The molecule has 1 aliphatic heterocycles. The average molecular weight is 313 g/mol. The minimum absolute atomic E-state index is 0.178. The summed E-state index contributed by atoms with van der Waals surface area (Å²) in [5, 5.41) is 0. The fourth-order valence-corrected chi connectivity index (χ4v) is 5.73. The molecular weight excluding hydrogens is 284 g/mol. The standard InChI is InChI=1S/C19H28N2Si/c1-18(2,3)21(19(4)13-8-14-20(19)5)22-17-12-11-15-9-6-7-10-16(15)17/h6-7,9-12,17H,8,13-14H2,1-5H3. The quantitative estimate of drug-likeness (QED) is 0.781. The number of likely N-dealkylation sites (tertiary alicyclic amines) is 1. The van der Waals surface area contributed by atoms with Crippen molar-refractivity contribution in [1.29, 1.82) is 0 Å². The van der Waals surface area contributed by atoms with Crippen LogP contribution in [-0.2, 0) is 0 Å². The summed E-state index contributed by atoms with van der Waals surface area (Å²) in [5.41, 5.74) is 3.80. The van der Waals surface area contributed by atoms with Gasteiger partial charge in [0.2, 0.25) is 0 Å². The lowest BCUT2D eigenvalue weighted by atomic mass is 10.0. The number of hydrogen-bond acceptors (Lipinski definition) is 2. The van der Waals surface area contributed by atoms with Gasteiger partial charge in [0.1, 0.15) is 0 Å². The van der Waals surface area contributed by atoms with Gasteiger partial charge in [-0.3, -0.25) is 4.90 Å². The van der Waals surface area contributed by atoms with Crippen LogP contribution in [0.1, 0.15) is 57.2 Å². The molecule has 0 aromatic heterocycles. The predicted molar refractivity (Wildman–Crippen MR) is 95.8 cm³/mol. The molecule has 0 amide bonds. The van der Waals surface area contributed by atoms with E-state index < -0.39 is 0 Å². The summed E-state index contributed by atoms with van der Waals surface area (Å²) < 4.78 is 2.75. The minimum Gasteiger partial charge on any atom is -0.303 e. The highest BCUT2D eigenvalue weighted by Crippen LogP contribution is 2.38. The molecule has 0 N–H and O–H groups in total. The van der Waals surface area contributed by atoms with Crippen LogP contribution in [0.15, 0.2) is 30.3 Å². The number of nitrogens with zero attached hydrogens (tertiary/aromatic N) is 2. The fraction of sp³-hybridized carbons (Fsp3) is 0.579. The van der Waals surface area contributed by atoms with Gasteiger partial charge in [0.25, 0.3) is 0 Å². The maximum Gasteiger partial charge on any atom is 0.156 e. The molecule has 3 rings (SSSR count). The molecule has 1 aromatic rings. The van der Waals surface area contributed by atoms with Gasteiger partial charge in [-0.05, 0) is 65.3 Å². The van der Waals surface area contributed by atoms with Crippen LogP contribution in [0.4, 0.5) is 0 Å². The molecule has 2 aliphatic rings. The topological polar surface area (TPSA) is 6.48 Å². The van der Waals surface area contributed by atoms with E-state index in [9.17, 15) is 0 Å². The lowest BCUT2D eigenvalue weighted by Gasteiger charge is -2.51. The first-order valence-electron chi connectivity index (χ1n) is 8.37. The van der Waals surface area contributed by atoms with E-state index in [2.05, 4.69) is 80.6 Å². The molecular formula is C19H28N2Si. The maximum atomic E-state index is 2.75. The second kappa shape index (κ2) is 5.62. The van der Waals surface area contributed by atoms with Crippen molar-refractivity contribution in [1.82, 2.24) is 9.47 Å². The third-order valence-corrected chi connectivity index (χ3v) is 7.38. The Kier molecular flexibility index (Phi) is 4.08. The highest BCUT2D eigenvalue weighted by molar-refractivity contribution is 6.36. The zero-order chi connectivity index (χ0) is 16.0. The van der Waals surface area contributed by atoms with Crippen LogP contribution in [0, 0.1) is 0 Å². The molecule has 2 nitrogen and oxygen atoms in total. The summed E-state index contributed by atoms with van der Waals surface area (Å²) in [6, 6.07) is 8.85. The van der Waals surface area contributed by atoms with Crippen molar-refractivity contribution >= 4 is 15.8 Å². The second-order valence-electron chi connectivity index (χ2n) is 7.84. The van der Waals surface area contributed by atoms with Gasteiger partial charge < -0.3 is 4.57 Å². The smallest absolute Gasteiger partial charge is 0.156 e. The molecule has 0 spiro atoms. The average Bonchev–Trinajstić information content (AvgIpc) is 3.00. The number of rotatable bonds is 3. The summed E-state index contributed by atoms with van der Waals surface area (Å²) in [6.45, 7) is 10.7. The van der Waals surface area contributed by atoms with E-state index in [1.54, 1.807) is 0 Å². The van der Waals surface area contributed by atoms with E-state index in [1.807, 2.05) is 0 Å². The van der Waals surface area contributed by atoms with Crippen LogP contribution < -0.4 is 0 Å². The van der Waals surface area contributed by atoms with Crippen LogP contribution in [0.2, 0.25) is 0 Å². The molecule has 1 aromatic carbocycles. The summed E-state index contributed by atoms with van der Waals surface area (Å²) in [6.07, 6.45) is 7.28. The molecule has 2 unspecified atom stereocenters. The molecule has 2 atom stereocenters. The Morgan fingerprint density at radius 2 is 2.00 bits per heavy atom. The normalized spacial score (nSPS) is 28.5. The number of benzene rings is 1. The van der Waals surface area contributed by atoms with Crippen LogP contribution in [0.5, 0.6) is 0 Å². The molecule has 3 heteroatoms. The summed E-state index contributed by atoms with van der Waals surface area (Å²) >= 11 is 0. The lowest BCUT2D eigenvalue weighted by Crippen LogP contribution is -2.62. The fourth-order valence-electron chi connectivity index (χ4n) is 3.92. The molecule has 2 radical (unpaired) electrons. The van der Waals surface area contributed by atoms with Crippen molar-refractivity contribution in [3.63, 3.8) is 0 Å². The summed E-state index contributed by atoms with van der Waals surface area (Å²) in [4.78, 5) is 2.55. The van der Waals surface area contributed by atoms with E-state index in [0.717, 1.165) is 9.68 Å². The van der Waals surface area contributed by atoms with Crippen molar-refractivity contribution in [2.75, 3.05) is 13.6 Å². The van der Waals surface area contributed by atoms with Crippen LogP contribution >= 0.6 is 0 Å². The summed E-state index contributed by atoms with van der Waals surface area (Å²) in [7, 11) is 3.08. The molecule has 22 heavy (non-hydrogen) atoms. The summed E-state index contributed by atoms with van der Waals surface area (Å²) in [5.74, 6) is 0. The van der Waals surface area contributed by atoms with Gasteiger partial charge in [0.05, 0.1) is 5.66 Å². The van der Waals surface area contributed by atoms with E-state index in [4.69, 9.17) is 0 Å². The largest absolute Gasteiger partial charge is 0.303 e. The van der Waals surface area contributed by atoms with Gasteiger partial charge in [-0.1, -0.05) is 36.4 Å². The first kappa shape index (κ1) is 16.0. The van der Waals surface area contributed by atoms with Crippen molar-refractivity contribution < 1.29 is 0 Å². The first-order chi connectivity index (χ1) is 10.3. The third kappa shape index (κ3) is 2.70. The molecule has 0 saturated carbocycles. The SMILES string of the molecule is CN1CCCC1(C)N([Si]C1C=Cc2ccccc21)C(C)(C)C. The Bertz CT molecular complexity index is 575. The number of hydrogen-bond donors (Lipinski definition) is 0. The predicted octanol–water partition coefficient (Wildman–Crippen LogP) is 3.92. The van der Waals surface area contributed by atoms with Crippen molar-refractivity contribution in [2.45, 2.75) is 57.3 Å². The molecule has 1 fully saturated rings. The third-order valence-electron chi connectivity index (χ3n) is 5.19. The van der Waals surface area contributed by atoms with Crippen molar-refractivity contribution in [2.24, 2.45) is 0 Å². The number of fused-ring (bicyclic) bond motifs is 1. The van der Waals surface area contributed by atoms with Crippen LogP contribution in [0.3, 0.4) is 0 Å². The van der Waals surface area contributed by atoms with Crippen molar-refractivity contribution in [3.05, 3.63) is 41.5 Å². The Morgan fingerprint density at radius 3 is 2.64 bits per heavy atom. The Hall–Kier alpha value is -0.903. The van der Waals surface area contributed by atoms with E-state index in [1.165, 1.54) is 30.5 Å². The van der Waals surface area contributed by atoms with Gasteiger partial charge in [-0.2, -0.15) is 0 Å². The van der Waals surface area contributed by atoms with E-state index in [0.29, 0.717) is 5.54 Å². The molecule has 1 heterocycles. The van der Waals surface area contributed by atoms with Gasteiger partial charge in [0.15, 0.2) is 9.68 Å². The highest BCUT2D eigenvalue weighted by Gasteiger charge is 2.45. The monoisotopic (exact) mass is 312 g/mol. The molecule has 1 saturated heterocycles. The highest BCUT2D eigenvalue weighted by atomic mass is 28.2. The minimum atomic E-state index is 0.178. The van der Waals surface area contributed by atoms with E-state index in [-0.39, 0.29) is 11.2 Å². The Labute approximate surface area is 138 Å². The first-order valence-corrected chi connectivity index (χ1v) is 9.40. The van der Waals surface area contributed by atoms with E-state index >= 15 is 0 Å². The lowest BCUT2D eigenvalue weighted by molar-refractivity contribution is 0.00794. The molecule has 1 aliphatic carbocycles. The van der Waals surface area contributed by atoms with Gasteiger partial charge >= 0.3 is 0 Å². The second-order valence-corrected chi connectivity index (χ2v) is 9.17.